The van der Waals surface area contributed by atoms with Gasteiger partial charge in [0.25, 0.3) is 5.91 Å². The van der Waals surface area contributed by atoms with Crippen molar-refractivity contribution < 1.29 is 32.3 Å². The number of aromatic nitrogens is 5. The highest BCUT2D eigenvalue weighted by atomic mass is 35.5. The van der Waals surface area contributed by atoms with Crippen LogP contribution >= 0.6 is 12.4 Å². The van der Waals surface area contributed by atoms with Crippen LogP contribution < -0.4 is 5.48 Å². The van der Waals surface area contributed by atoms with E-state index in [4.69, 9.17) is 5.11 Å². The van der Waals surface area contributed by atoms with E-state index in [1.807, 2.05) is 5.48 Å². The third-order valence-corrected chi connectivity index (χ3v) is 5.67. The minimum absolute atomic E-state index is 0. The normalized spacial score (nSPS) is 11.5. The second-order valence-corrected chi connectivity index (χ2v) is 8.19. The lowest BCUT2D eigenvalue weighted by Crippen LogP contribution is -2.27. The molecule has 0 radical (unpaired) electrons. The fourth-order valence-corrected chi connectivity index (χ4v) is 3.90. The molecule has 0 saturated heterocycles. The summed E-state index contributed by atoms with van der Waals surface area (Å²) in [5.74, 6) is -1.61. The number of carbonyl (C=O) groups excluding carboxylic acids is 1. The van der Waals surface area contributed by atoms with Crippen LogP contribution in [0.25, 0.3) is 33.3 Å². The van der Waals surface area contributed by atoms with Gasteiger partial charge in [0.1, 0.15) is 11.3 Å². The van der Waals surface area contributed by atoms with E-state index in [-0.39, 0.29) is 42.5 Å². The van der Waals surface area contributed by atoms with E-state index in [0.717, 1.165) is 17.5 Å². The zero-order valence-electron chi connectivity index (χ0n) is 19.8. The van der Waals surface area contributed by atoms with Gasteiger partial charge in [0.15, 0.2) is 5.65 Å². The SMILES string of the molecule is Cl.O=C(NOCCO)c1ccc(-c2ccc3nnn(Cc4cc5cccnc5cc4F)c3n2)cc1C(F)(F)F. The van der Waals surface area contributed by atoms with Crippen LogP contribution in [0.15, 0.2) is 60.8 Å². The molecule has 202 valence electrons. The maximum atomic E-state index is 14.7. The second-order valence-electron chi connectivity index (χ2n) is 8.19. The number of nitrogens with one attached hydrogen (secondary N) is 1. The first-order chi connectivity index (χ1) is 18.2. The van der Waals surface area contributed by atoms with Gasteiger partial charge in [0.05, 0.1) is 42.1 Å². The average Bonchev–Trinajstić information content (AvgIpc) is 3.30. The quantitative estimate of drug-likeness (QED) is 0.172. The minimum Gasteiger partial charge on any atom is -0.394 e. The number of aliphatic hydroxyl groups excluding tert-OH is 1. The van der Waals surface area contributed by atoms with Crippen molar-refractivity contribution in [1.82, 2.24) is 30.4 Å². The largest absolute Gasteiger partial charge is 0.417 e. The van der Waals surface area contributed by atoms with Gasteiger partial charge in [-0.15, -0.1) is 17.5 Å². The molecule has 2 aromatic carbocycles. The minimum atomic E-state index is -4.85. The number of hydroxylamine groups is 1. The maximum absolute atomic E-state index is 14.7. The second kappa shape index (κ2) is 11.3. The van der Waals surface area contributed by atoms with Crippen molar-refractivity contribution in [2.45, 2.75) is 12.7 Å². The fraction of sp³-hybridized carbons (Fsp3) is 0.160. The molecule has 14 heteroatoms. The molecule has 0 spiro atoms. The lowest BCUT2D eigenvalue weighted by Gasteiger charge is -2.14. The average molecular weight is 563 g/mol. The number of amides is 1. The van der Waals surface area contributed by atoms with Crippen molar-refractivity contribution >= 4 is 40.4 Å². The Labute approximate surface area is 223 Å². The highest BCUT2D eigenvalue weighted by Gasteiger charge is 2.36. The molecule has 0 fully saturated rings. The van der Waals surface area contributed by atoms with E-state index in [0.29, 0.717) is 16.6 Å². The van der Waals surface area contributed by atoms with Crippen LogP contribution in [0, 0.1) is 5.82 Å². The zero-order chi connectivity index (χ0) is 26.9. The fourth-order valence-electron chi connectivity index (χ4n) is 3.90. The van der Waals surface area contributed by atoms with E-state index in [1.54, 1.807) is 30.5 Å². The molecule has 0 atom stereocenters. The number of carbonyl (C=O) groups is 1. The van der Waals surface area contributed by atoms with Crippen molar-refractivity contribution in [1.29, 1.82) is 0 Å². The Hall–Kier alpha value is -4.20. The number of fused-ring (bicyclic) bond motifs is 2. The van der Waals surface area contributed by atoms with Gasteiger partial charge >= 0.3 is 6.18 Å². The Bertz CT molecular complexity index is 1660. The summed E-state index contributed by atoms with van der Waals surface area (Å²) in [5, 5.41) is 17.5. The summed E-state index contributed by atoms with van der Waals surface area (Å²) in [4.78, 5) is 25.4. The van der Waals surface area contributed by atoms with Gasteiger partial charge in [-0.1, -0.05) is 17.3 Å². The Kier molecular flexibility index (Phi) is 8.04. The predicted molar refractivity (Wildman–Crippen MR) is 134 cm³/mol. The molecule has 0 aliphatic heterocycles. The highest BCUT2D eigenvalue weighted by Crippen LogP contribution is 2.35. The third-order valence-electron chi connectivity index (χ3n) is 5.67. The smallest absolute Gasteiger partial charge is 0.394 e. The molecule has 5 aromatic rings. The number of rotatable bonds is 7. The summed E-state index contributed by atoms with van der Waals surface area (Å²) in [6.45, 7) is -0.725. The first kappa shape index (κ1) is 27.8. The van der Waals surface area contributed by atoms with E-state index < -0.39 is 35.6 Å². The molecule has 3 aromatic heterocycles. The standard InChI is InChI=1S/C25H18F4N6O3.ClH/c26-19-12-22-14(2-1-7-30-22)10-16(19)13-35-23-21(32-34-35)6-5-20(31-23)15-3-4-17(18(11-15)25(27,28)29)24(37)33-38-9-8-36;/h1-7,10-12,36H,8-9,13H2,(H,33,37);1H. The summed E-state index contributed by atoms with van der Waals surface area (Å²) in [7, 11) is 0. The lowest BCUT2D eigenvalue weighted by atomic mass is 10.0. The Morgan fingerprint density at radius 2 is 1.90 bits per heavy atom. The van der Waals surface area contributed by atoms with Gasteiger partial charge in [0.2, 0.25) is 0 Å². The van der Waals surface area contributed by atoms with Gasteiger partial charge in [-0.05, 0) is 36.4 Å². The van der Waals surface area contributed by atoms with Crippen molar-refractivity contribution in [3.05, 3.63) is 83.3 Å². The van der Waals surface area contributed by atoms with Crippen molar-refractivity contribution in [3.8, 4) is 11.3 Å². The molecule has 2 N–H and O–H groups in total. The maximum Gasteiger partial charge on any atom is 0.417 e. The summed E-state index contributed by atoms with van der Waals surface area (Å²) >= 11 is 0. The number of aliphatic hydroxyl groups is 1. The predicted octanol–water partition coefficient (Wildman–Crippen LogP) is 4.32. The van der Waals surface area contributed by atoms with E-state index in [2.05, 4.69) is 25.1 Å². The molecule has 0 unspecified atom stereocenters. The highest BCUT2D eigenvalue weighted by molar-refractivity contribution is 5.96. The first-order valence-corrected chi connectivity index (χ1v) is 11.2. The lowest BCUT2D eigenvalue weighted by molar-refractivity contribution is -0.138. The van der Waals surface area contributed by atoms with Crippen LogP contribution in [0.5, 0.6) is 0 Å². The van der Waals surface area contributed by atoms with Crippen LogP contribution in [0.1, 0.15) is 21.5 Å². The van der Waals surface area contributed by atoms with Gasteiger partial charge in [-0.25, -0.2) is 19.5 Å². The Balaban J connectivity index is 0.00000353. The van der Waals surface area contributed by atoms with Gasteiger partial charge in [-0.2, -0.15) is 13.2 Å². The van der Waals surface area contributed by atoms with Gasteiger partial charge in [-0.3, -0.25) is 14.6 Å². The van der Waals surface area contributed by atoms with Crippen molar-refractivity contribution in [2.75, 3.05) is 13.2 Å². The van der Waals surface area contributed by atoms with Crippen molar-refractivity contribution in [3.63, 3.8) is 0 Å². The summed E-state index contributed by atoms with van der Waals surface area (Å²) < 4.78 is 57.5. The molecule has 0 aliphatic rings. The molecular weight excluding hydrogens is 544 g/mol. The molecule has 39 heavy (non-hydrogen) atoms. The number of hydrogen-bond donors (Lipinski definition) is 2. The number of nitrogens with zero attached hydrogens (tertiary/aromatic N) is 5. The number of pyridine rings is 2. The molecule has 1 amide bonds. The number of hydrogen-bond acceptors (Lipinski definition) is 7. The first-order valence-electron chi connectivity index (χ1n) is 11.2. The number of alkyl halides is 3. The van der Waals surface area contributed by atoms with E-state index in [9.17, 15) is 22.4 Å². The van der Waals surface area contributed by atoms with Crippen LogP contribution in [0.4, 0.5) is 17.6 Å². The third kappa shape index (κ3) is 5.79. The van der Waals surface area contributed by atoms with Crippen LogP contribution in [-0.4, -0.2) is 49.2 Å². The Morgan fingerprint density at radius 1 is 1.08 bits per heavy atom. The molecule has 0 saturated carbocycles. The van der Waals surface area contributed by atoms with Crippen LogP contribution in [0.2, 0.25) is 0 Å². The van der Waals surface area contributed by atoms with E-state index >= 15 is 0 Å². The molecular formula is C25H19ClF4N6O3. The summed E-state index contributed by atoms with van der Waals surface area (Å²) in [6, 6.07) is 12.6. The van der Waals surface area contributed by atoms with Gasteiger partial charge in [0, 0.05) is 28.8 Å². The number of benzene rings is 2. The number of halogens is 5. The molecule has 9 nitrogen and oxygen atoms in total. The Morgan fingerprint density at radius 3 is 2.67 bits per heavy atom. The van der Waals surface area contributed by atoms with Gasteiger partial charge < -0.3 is 5.11 Å². The van der Waals surface area contributed by atoms with Crippen LogP contribution in [-0.2, 0) is 17.6 Å². The van der Waals surface area contributed by atoms with E-state index in [1.165, 1.54) is 22.9 Å². The molecule has 0 bridgehead atoms. The molecule has 5 rings (SSSR count). The van der Waals surface area contributed by atoms with Crippen LogP contribution in [0.3, 0.4) is 0 Å². The zero-order valence-corrected chi connectivity index (χ0v) is 20.6. The topological polar surface area (TPSA) is 115 Å². The summed E-state index contributed by atoms with van der Waals surface area (Å²) in [5.41, 5.74) is 1.67. The molecule has 0 aliphatic carbocycles. The summed E-state index contributed by atoms with van der Waals surface area (Å²) in [6.07, 6.45) is -3.29. The monoisotopic (exact) mass is 562 g/mol. The van der Waals surface area contributed by atoms with Crippen molar-refractivity contribution in [2.24, 2.45) is 0 Å². The molecule has 3 heterocycles.